The molecule has 0 radical (unpaired) electrons. The summed E-state index contributed by atoms with van der Waals surface area (Å²) in [5, 5.41) is 3.26. The Balaban J connectivity index is 0.000000810. The number of carbonyl (C=O) groups is 1. The Morgan fingerprint density at radius 1 is 1.11 bits per heavy atom. The van der Waals surface area contributed by atoms with E-state index in [9.17, 15) is 4.79 Å². The molecule has 3 aliphatic rings. The molecule has 0 aromatic carbocycles. The Morgan fingerprint density at radius 2 is 1.78 bits per heavy atom. The van der Waals surface area contributed by atoms with Crippen LogP contribution in [-0.4, -0.2) is 65.6 Å². The Morgan fingerprint density at radius 3 is 2.28 bits per heavy atom. The molecule has 4 nitrogen and oxygen atoms in total. The van der Waals surface area contributed by atoms with Gasteiger partial charge < -0.3 is 4.90 Å². The fourth-order valence-electron chi connectivity index (χ4n) is 2.52. The van der Waals surface area contributed by atoms with Crippen LogP contribution in [0.5, 0.6) is 0 Å². The van der Waals surface area contributed by atoms with Crippen LogP contribution in [-0.2, 0) is 4.79 Å². The van der Waals surface area contributed by atoms with Gasteiger partial charge in [0.05, 0.1) is 6.04 Å². The van der Waals surface area contributed by atoms with Crippen molar-refractivity contribution in [3.63, 3.8) is 0 Å². The van der Waals surface area contributed by atoms with Crippen LogP contribution in [0.15, 0.2) is 0 Å². The Hall–Kier alpha value is 0.320. The lowest BCUT2D eigenvalue weighted by Gasteiger charge is -2.35. The summed E-state index contributed by atoms with van der Waals surface area (Å²) >= 11 is 1.82. The SMILES string of the molecule is Cl.Cl.O=C(C1CSCN1)N1CCN(C2CC2)CC1. The van der Waals surface area contributed by atoms with Crippen LogP contribution in [0.4, 0.5) is 0 Å². The van der Waals surface area contributed by atoms with Gasteiger partial charge in [-0.15, -0.1) is 36.6 Å². The normalized spacial score (nSPS) is 28.4. The number of carbonyl (C=O) groups excluding carboxylic acids is 1. The highest BCUT2D eigenvalue weighted by Crippen LogP contribution is 2.27. The van der Waals surface area contributed by atoms with E-state index in [1.807, 2.05) is 16.7 Å². The number of piperazine rings is 1. The van der Waals surface area contributed by atoms with Crippen LogP contribution in [0.25, 0.3) is 0 Å². The topological polar surface area (TPSA) is 35.6 Å². The van der Waals surface area contributed by atoms with Crippen LogP contribution < -0.4 is 5.32 Å². The first-order valence-corrected chi connectivity index (χ1v) is 7.34. The second-order valence-electron chi connectivity index (χ2n) is 4.86. The van der Waals surface area contributed by atoms with Crippen molar-refractivity contribution >= 4 is 42.5 Å². The average molecular weight is 314 g/mol. The Kier molecular flexibility index (Phi) is 6.55. The summed E-state index contributed by atoms with van der Waals surface area (Å²) in [6, 6.07) is 0.926. The smallest absolute Gasteiger partial charge is 0.240 e. The molecule has 2 saturated heterocycles. The molecule has 1 N–H and O–H groups in total. The van der Waals surface area contributed by atoms with E-state index in [2.05, 4.69) is 10.2 Å². The number of hydrogen-bond donors (Lipinski definition) is 1. The molecule has 0 aromatic rings. The lowest BCUT2D eigenvalue weighted by molar-refractivity contribution is -0.134. The molecule has 1 atom stereocenters. The maximum Gasteiger partial charge on any atom is 0.240 e. The number of nitrogens with one attached hydrogen (secondary N) is 1. The second-order valence-corrected chi connectivity index (χ2v) is 5.89. The van der Waals surface area contributed by atoms with Crippen molar-refractivity contribution in [2.75, 3.05) is 37.8 Å². The lowest BCUT2D eigenvalue weighted by Crippen LogP contribution is -2.53. The minimum atomic E-state index is 0. The highest BCUT2D eigenvalue weighted by atomic mass is 35.5. The van der Waals surface area contributed by atoms with Gasteiger partial charge in [-0.1, -0.05) is 0 Å². The monoisotopic (exact) mass is 313 g/mol. The van der Waals surface area contributed by atoms with E-state index in [0.717, 1.165) is 43.9 Å². The summed E-state index contributed by atoms with van der Waals surface area (Å²) in [5.41, 5.74) is 0. The molecule has 18 heavy (non-hydrogen) atoms. The molecule has 1 unspecified atom stereocenters. The van der Waals surface area contributed by atoms with Gasteiger partial charge in [-0.3, -0.25) is 15.0 Å². The molecule has 0 aromatic heterocycles. The van der Waals surface area contributed by atoms with Gasteiger partial charge in [0.15, 0.2) is 0 Å². The van der Waals surface area contributed by atoms with E-state index in [1.54, 1.807) is 0 Å². The Bertz CT molecular complexity index is 277. The summed E-state index contributed by atoms with van der Waals surface area (Å²) in [7, 11) is 0. The van der Waals surface area contributed by atoms with E-state index >= 15 is 0 Å². The predicted molar refractivity (Wildman–Crippen MR) is 79.9 cm³/mol. The highest BCUT2D eigenvalue weighted by Gasteiger charge is 2.34. The minimum Gasteiger partial charge on any atom is -0.339 e. The van der Waals surface area contributed by atoms with E-state index in [-0.39, 0.29) is 30.9 Å². The first kappa shape index (κ1) is 16.4. The van der Waals surface area contributed by atoms with Crippen LogP contribution in [0.3, 0.4) is 0 Å². The standard InChI is InChI=1S/C11H19N3OS.2ClH/c15-11(10-7-16-8-12-10)14-5-3-13(4-6-14)9-1-2-9;;/h9-10,12H,1-8H2;2*1H. The van der Waals surface area contributed by atoms with Crippen molar-refractivity contribution < 1.29 is 4.79 Å². The van der Waals surface area contributed by atoms with Crippen LogP contribution >= 0.6 is 36.6 Å². The average Bonchev–Trinajstić information content (AvgIpc) is 3.04. The zero-order valence-electron chi connectivity index (χ0n) is 10.3. The maximum absolute atomic E-state index is 12.1. The molecule has 1 amide bonds. The number of thioether (sulfide) groups is 1. The summed E-state index contributed by atoms with van der Waals surface area (Å²) < 4.78 is 0. The molecule has 106 valence electrons. The van der Waals surface area contributed by atoms with Crippen LogP contribution in [0.1, 0.15) is 12.8 Å². The number of halogens is 2. The molecule has 3 fully saturated rings. The van der Waals surface area contributed by atoms with Crippen molar-refractivity contribution in [3.8, 4) is 0 Å². The number of amides is 1. The molecule has 2 heterocycles. The van der Waals surface area contributed by atoms with Gasteiger partial charge in [-0.05, 0) is 12.8 Å². The molecular weight excluding hydrogens is 293 g/mol. The first-order valence-electron chi connectivity index (χ1n) is 6.18. The third-order valence-corrected chi connectivity index (χ3v) is 4.64. The van der Waals surface area contributed by atoms with Crippen molar-refractivity contribution in [2.24, 2.45) is 0 Å². The molecule has 0 spiro atoms. The lowest BCUT2D eigenvalue weighted by atomic mass is 10.2. The van der Waals surface area contributed by atoms with E-state index < -0.39 is 0 Å². The fraction of sp³-hybridized carbons (Fsp3) is 0.909. The predicted octanol–water partition coefficient (Wildman–Crippen LogP) is 0.799. The van der Waals surface area contributed by atoms with Crippen molar-refractivity contribution in [3.05, 3.63) is 0 Å². The zero-order valence-corrected chi connectivity index (χ0v) is 12.8. The summed E-state index contributed by atoms with van der Waals surface area (Å²) in [4.78, 5) is 16.7. The molecule has 1 saturated carbocycles. The molecule has 0 bridgehead atoms. The fourth-order valence-corrected chi connectivity index (χ4v) is 3.45. The Labute approximate surface area is 125 Å². The third kappa shape index (κ3) is 3.67. The van der Waals surface area contributed by atoms with Gasteiger partial charge in [0, 0.05) is 43.9 Å². The van der Waals surface area contributed by atoms with Crippen molar-refractivity contribution in [1.29, 1.82) is 0 Å². The van der Waals surface area contributed by atoms with Gasteiger partial charge in [-0.25, -0.2) is 0 Å². The van der Waals surface area contributed by atoms with Crippen molar-refractivity contribution in [1.82, 2.24) is 15.1 Å². The maximum atomic E-state index is 12.1. The van der Waals surface area contributed by atoms with Crippen molar-refractivity contribution in [2.45, 2.75) is 24.9 Å². The minimum absolute atomic E-state index is 0. The van der Waals surface area contributed by atoms with E-state index in [1.165, 1.54) is 12.8 Å². The number of hydrogen-bond acceptors (Lipinski definition) is 4. The largest absolute Gasteiger partial charge is 0.339 e. The quantitative estimate of drug-likeness (QED) is 0.818. The molecule has 7 heteroatoms. The van der Waals surface area contributed by atoms with Gasteiger partial charge in [0.2, 0.25) is 5.91 Å². The number of nitrogens with zero attached hydrogens (tertiary/aromatic N) is 2. The molecule has 3 rings (SSSR count). The third-order valence-electron chi connectivity index (χ3n) is 3.70. The molecular formula is C11H21Cl2N3OS. The summed E-state index contributed by atoms with van der Waals surface area (Å²) in [6.45, 7) is 4.02. The highest BCUT2D eigenvalue weighted by molar-refractivity contribution is 7.99. The van der Waals surface area contributed by atoms with Gasteiger partial charge in [0.1, 0.15) is 0 Å². The molecule has 1 aliphatic carbocycles. The number of rotatable bonds is 2. The zero-order chi connectivity index (χ0) is 11.0. The van der Waals surface area contributed by atoms with Gasteiger partial charge in [-0.2, -0.15) is 0 Å². The van der Waals surface area contributed by atoms with Crippen LogP contribution in [0.2, 0.25) is 0 Å². The van der Waals surface area contributed by atoms with E-state index in [0.29, 0.717) is 5.91 Å². The summed E-state index contributed by atoms with van der Waals surface area (Å²) in [5.74, 6) is 2.19. The van der Waals surface area contributed by atoms with Gasteiger partial charge >= 0.3 is 0 Å². The second kappa shape index (κ2) is 7.20. The van der Waals surface area contributed by atoms with Gasteiger partial charge in [0.25, 0.3) is 0 Å². The van der Waals surface area contributed by atoms with Crippen LogP contribution in [0, 0.1) is 0 Å². The molecule has 2 aliphatic heterocycles. The first-order chi connectivity index (χ1) is 7.84. The van der Waals surface area contributed by atoms with E-state index in [4.69, 9.17) is 0 Å². The summed E-state index contributed by atoms with van der Waals surface area (Å²) in [6.07, 6.45) is 2.74.